The molecular formula is C25H30ClF3N6O4S. The highest BCUT2D eigenvalue weighted by Crippen LogP contribution is 2.33. The topological polar surface area (TPSA) is 123 Å². The number of aromatic nitrogens is 1. The number of nitrogens with zero attached hydrogens (tertiary/aromatic N) is 5. The monoisotopic (exact) mass is 602 g/mol. The Hall–Kier alpha value is -2.49. The third-order valence-electron chi connectivity index (χ3n) is 7.73. The number of piperidine rings is 1. The molecule has 10 nitrogen and oxygen atoms in total. The third kappa shape index (κ3) is 5.92. The van der Waals surface area contributed by atoms with Crippen LogP contribution >= 0.6 is 11.6 Å². The van der Waals surface area contributed by atoms with Crippen LogP contribution in [0.15, 0.2) is 41.3 Å². The number of hydrogen-bond donors (Lipinski definition) is 2. The second kappa shape index (κ2) is 11.1. The summed E-state index contributed by atoms with van der Waals surface area (Å²) in [5.41, 5.74) is 5.67. The van der Waals surface area contributed by atoms with E-state index >= 15 is 0 Å². The number of likely N-dealkylation sites (tertiary alicyclic amines) is 1. The summed E-state index contributed by atoms with van der Waals surface area (Å²) in [4.78, 5) is 22.1. The van der Waals surface area contributed by atoms with E-state index < -0.39 is 27.9 Å². The minimum absolute atomic E-state index is 0.0352. The Morgan fingerprint density at radius 2 is 1.70 bits per heavy atom. The summed E-state index contributed by atoms with van der Waals surface area (Å²) in [6.45, 7) is 2.00. The van der Waals surface area contributed by atoms with Crippen molar-refractivity contribution < 1.29 is 31.5 Å². The van der Waals surface area contributed by atoms with Gasteiger partial charge in [0.25, 0.3) is 0 Å². The van der Waals surface area contributed by atoms with Crippen molar-refractivity contribution in [1.29, 1.82) is 0 Å². The van der Waals surface area contributed by atoms with Crippen LogP contribution in [0.5, 0.6) is 0 Å². The van der Waals surface area contributed by atoms with E-state index in [0.717, 1.165) is 12.1 Å². The van der Waals surface area contributed by atoms with Gasteiger partial charge in [-0.2, -0.15) is 17.5 Å². The minimum Gasteiger partial charge on any atom is -0.391 e. The van der Waals surface area contributed by atoms with Gasteiger partial charge in [0.15, 0.2) is 0 Å². The molecule has 5 rings (SSSR count). The lowest BCUT2D eigenvalue weighted by atomic mass is 10.0. The highest BCUT2D eigenvalue weighted by atomic mass is 35.5. The Labute approximate surface area is 235 Å². The molecule has 0 aliphatic carbocycles. The molecule has 3 fully saturated rings. The van der Waals surface area contributed by atoms with Crippen LogP contribution in [-0.2, 0) is 21.0 Å². The maximum absolute atomic E-state index is 13.3. The number of anilines is 2. The van der Waals surface area contributed by atoms with E-state index in [1.807, 2.05) is 0 Å². The van der Waals surface area contributed by atoms with Crippen molar-refractivity contribution in [3.05, 3.63) is 47.1 Å². The second-order valence-electron chi connectivity index (χ2n) is 10.3. The van der Waals surface area contributed by atoms with Crippen LogP contribution in [0.1, 0.15) is 18.4 Å². The first kappa shape index (κ1) is 29.0. The quantitative estimate of drug-likeness (QED) is 0.497. The van der Waals surface area contributed by atoms with Crippen molar-refractivity contribution in [2.75, 3.05) is 55.6 Å². The van der Waals surface area contributed by atoms with Crippen molar-refractivity contribution in [2.24, 2.45) is 5.73 Å². The van der Waals surface area contributed by atoms with E-state index in [1.165, 1.54) is 16.4 Å². The van der Waals surface area contributed by atoms with Gasteiger partial charge in [0, 0.05) is 70.0 Å². The van der Waals surface area contributed by atoms with Gasteiger partial charge >= 0.3 is 6.18 Å². The normalized spacial score (nSPS) is 25.6. The fourth-order valence-corrected chi connectivity index (χ4v) is 7.05. The standard InChI is InChI=1S/C25H30ClF3N6O4S/c26-22-11-16(25(27,28)29)12-23(31-22)32-7-9-34(10-8-32)40(38,39)19-3-1-17(2-4-19)35-14-18(13-24(35)37)33-6-5-21(36)20(30)15-33/h1-4,11-12,18,20-21,36H,5-10,13-15,30H2/t18?,20-,21-/m1/s1. The van der Waals surface area contributed by atoms with Crippen molar-refractivity contribution in [3.8, 4) is 0 Å². The van der Waals surface area contributed by atoms with Crippen molar-refractivity contribution in [2.45, 2.75) is 42.1 Å². The summed E-state index contributed by atoms with van der Waals surface area (Å²) in [5, 5.41) is 9.60. The van der Waals surface area contributed by atoms with Crippen LogP contribution < -0.4 is 15.5 Å². The number of benzene rings is 1. The molecule has 1 aromatic heterocycles. The number of alkyl halides is 3. The zero-order chi connectivity index (χ0) is 28.8. The van der Waals surface area contributed by atoms with E-state index in [9.17, 15) is 31.5 Å². The van der Waals surface area contributed by atoms with Crippen molar-refractivity contribution >= 4 is 39.0 Å². The highest BCUT2D eigenvalue weighted by Gasteiger charge is 2.38. The Morgan fingerprint density at radius 1 is 1.02 bits per heavy atom. The van der Waals surface area contributed by atoms with Crippen LogP contribution in [0.2, 0.25) is 5.15 Å². The molecule has 3 saturated heterocycles. The van der Waals surface area contributed by atoms with Crippen LogP contribution in [0, 0.1) is 0 Å². The molecule has 2 aromatic rings. The Bertz CT molecular complexity index is 1360. The zero-order valence-corrected chi connectivity index (χ0v) is 23.0. The number of halogens is 4. The number of aliphatic hydroxyl groups excluding tert-OH is 1. The summed E-state index contributed by atoms with van der Waals surface area (Å²) in [6.07, 6.45) is -4.25. The van der Waals surface area contributed by atoms with Crippen molar-refractivity contribution in [3.63, 3.8) is 0 Å². The molecule has 40 heavy (non-hydrogen) atoms. The molecule has 0 spiro atoms. The summed E-state index contributed by atoms with van der Waals surface area (Å²) in [5.74, 6) is -0.0303. The Balaban J connectivity index is 1.22. The molecule has 15 heteroatoms. The van der Waals surface area contributed by atoms with Gasteiger partial charge in [0.2, 0.25) is 15.9 Å². The first-order valence-corrected chi connectivity index (χ1v) is 14.7. The molecule has 218 valence electrons. The van der Waals surface area contributed by atoms with Crippen LogP contribution in [0.25, 0.3) is 0 Å². The number of pyridine rings is 1. The molecule has 0 bridgehead atoms. The smallest absolute Gasteiger partial charge is 0.391 e. The van der Waals surface area contributed by atoms with Crippen molar-refractivity contribution in [1.82, 2.24) is 14.2 Å². The summed E-state index contributed by atoms with van der Waals surface area (Å²) in [7, 11) is -3.87. The molecule has 3 atom stereocenters. The van der Waals surface area contributed by atoms with Gasteiger partial charge in [-0.05, 0) is 42.8 Å². The Kier molecular flexibility index (Phi) is 8.03. The lowest BCUT2D eigenvalue weighted by Crippen LogP contribution is -2.54. The summed E-state index contributed by atoms with van der Waals surface area (Å²) in [6, 6.07) is 7.38. The minimum atomic E-state index is -4.58. The van der Waals surface area contributed by atoms with Gasteiger partial charge in [-0.1, -0.05) is 11.6 Å². The van der Waals surface area contributed by atoms with Crippen LogP contribution in [-0.4, -0.2) is 97.6 Å². The lowest BCUT2D eigenvalue weighted by molar-refractivity contribution is -0.137. The predicted molar refractivity (Wildman–Crippen MR) is 143 cm³/mol. The number of amides is 1. The van der Waals surface area contributed by atoms with E-state index in [-0.39, 0.29) is 60.0 Å². The maximum Gasteiger partial charge on any atom is 0.416 e. The number of hydrogen-bond acceptors (Lipinski definition) is 8. The van der Waals surface area contributed by atoms with E-state index in [1.54, 1.807) is 21.9 Å². The van der Waals surface area contributed by atoms with Gasteiger partial charge in [0.1, 0.15) is 11.0 Å². The van der Waals surface area contributed by atoms with Crippen LogP contribution in [0.4, 0.5) is 24.7 Å². The molecule has 0 radical (unpaired) electrons. The van der Waals surface area contributed by atoms with Crippen LogP contribution in [0.3, 0.4) is 0 Å². The number of rotatable bonds is 5. The third-order valence-corrected chi connectivity index (χ3v) is 9.84. The maximum atomic E-state index is 13.3. The number of sulfonamides is 1. The molecular weight excluding hydrogens is 573 g/mol. The number of carbonyl (C=O) groups excluding carboxylic acids is 1. The average Bonchev–Trinajstić information content (AvgIpc) is 3.31. The molecule has 3 aliphatic heterocycles. The second-order valence-corrected chi connectivity index (χ2v) is 12.6. The SMILES string of the molecule is N[C@@H]1CN(C2CC(=O)N(c3ccc(S(=O)(=O)N4CCN(c5cc(C(F)(F)F)cc(Cl)n5)CC4)cc3)C2)CC[C@H]1O. The zero-order valence-electron chi connectivity index (χ0n) is 21.5. The van der Waals surface area contributed by atoms with E-state index in [4.69, 9.17) is 17.3 Å². The fourth-order valence-electron chi connectivity index (χ4n) is 5.42. The molecule has 4 heterocycles. The molecule has 3 N–H and O–H groups in total. The summed E-state index contributed by atoms with van der Waals surface area (Å²) < 4.78 is 67.4. The molecule has 1 aromatic carbocycles. The predicted octanol–water partition coefficient (Wildman–Crippen LogP) is 1.76. The Morgan fingerprint density at radius 3 is 2.33 bits per heavy atom. The van der Waals surface area contributed by atoms with E-state index in [0.29, 0.717) is 38.2 Å². The lowest BCUT2D eigenvalue weighted by Gasteiger charge is -2.37. The van der Waals surface area contributed by atoms with Gasteiger partial charge in [-0.25, -0.2) is 13.4 Å². The molecule has 1 unspecified atom stereocenters. The average molecular weight is 603 g/mol. The molecule has 1 amide bonds. The summed E-state index contributed by atoms with van der Waals surface area (Å²) >= 11 is 5.80. The van der Waals surface area contributed by atoms with Gasteiger partial charge in [-0.15, -0.1) is 0 Å². The fraction of sp³-hybridized carbons (Fsp3) is 0.520. The number of piperazine rings is 1. The first-order chi connectivity index (χ1) is 18.8. The largest absolute Gasteiger partial charge is 0.416 e. The number of carbonyl (C=O) groups is 1. The highest BCUT2D eigenvalue weighted by molar-refractivity contribution is 7.89. The molecule has 0 saturated carbocycles. The van der Waals surface area contributed by atoms with Gasteiger partial charge < -0.3 is 20.6 Å². The number of nitrogens with two attached hydrogens (primary N) is 1. The first-order valence-electron chi connectivity index (χ1n) is 12.9. The van der Waals surface area contributed by atoms with Gasteiger partial charge in [-0.3, -0.25) is 9.69 Å². The number of aliphatic hydroxyl groups is 1. The van der Waals surface area contributed by atoms with Gasteiger partial charge in [0.05, 0.1) is 16.6 Å². The van der Waals surface area contributed by atoms with E-state index in [2.05, 4.69) is 9.88 Å². The molecule has 3 aliphatic rings.